The van der Waals surface area contributed by atoms with Crippen molar-refractivity contribution in [2.45, 2.75) is 12.5 Å². The summed E-state index contributed by atoms with van der Waals surface area (Å²) in [6.45, 7) is 0.929. The molecule has 1 atom stereocenters. The maximum atomic E-state index is 11.5. The summed E-state index contributed by atoms with van der Waals surface area (Å²) in [5.74, 6) is -0.412. The first-order chi connectivity index (χ1) is 8.85. The van der Waals surface area contributed by atoms with Crippen molar-refractivity contribution in [1.82, 2.24) is 5.32 Å². The lowest BCUT2D eigenvalue weighted by Crippen LogP contribution is -2.42. The number of amides is 1. The molecule has 0 spiro atoms. The first kappa shape index (κ1) is 16.0. The molecule has 0 heterocycles. The highest BCUT2D eigenvalue weighted by molar-refractivity contribution is 6.37. The second-order valence-electron chi connectivity index (χ2n) is 4.34. The van der Waals surface area contributed by atoms with E-state index in [0.717, 1.165) is 0 Å². The van der Waals surface area contributed by atoms with Gasteiger partial charge in [0.05, 0.1) is 6.61 Å². The molecule has 19 heavy (non-hydrogen) atoms. The van der Waals surface area contributed by atoms with E-state index in [0.29, 0.717) is 15.6 Å². The van der Waals surface area contributed by atoms with Gasteiger partial charge in [0.25, 0.3) is 0 Å². The van der Waals surface area contributed by atoms with E-state index in [1.165, 1.54) is 19.1 Å². The van der Waals surface area contributed by atoms with Crippen molar-refractivity contribution in [2.24, 2.45) is 0 Å². The molecule has 1 aromatic carbocycles. The number of carbonyl (C=O) groups excluding carboxylic acids is 1. The molecule has 6 heteroatoms. The molecule has 0 fully saturated rings. The Balaban J connectivity index is 2.64. The maximum Gasteiger partial charge on any atom is 0.244 e. The number of hydrogen-bond donors (Lipinski definition) is 3. The van der Waals surface area contributed by atoms with Crippen LogP contribution in [0.5, 0.6) is 0 Å². The van der Waals surface area contributed by atoms with Crippen LogP contribution in [-0.4, -0.2) is 34.9 Å². The lowest BCUT2D eigenvalue weighted by atomic mass is 10.1. The Kier molecular flexibility index (Phi) is 5.82. The summed E-state index contributed by atoms with van der Waals surface area (Å²) in [6.07, 6.45) is 2.76. The first-order valence-electron chi connectivity index (χ1n) is 5.59. The molecule has 0 aliphatic rings. The van der Waals surface area contributed by atoms with Gasteiger partial charge in [0.1, 0.15) is 5.60 Å². The average molecular weight is 304 g/mol. The second-order valence-corrected chi connectivity index (χ2v) is 5.16. The van der Waals surface area contributed by atoms with Crippen molar-refractivity contribution in [3.05, 3.63) is 39.9 Å². The molecule has 0 aliphatic carbocycles. The molecule has 104 valence electrons. The van der Waals surface area contributed by atoms with E-state index >= 15 is 0 Å². The van der Waals surface area contributed by atoms with E-state index in [2.05, 4.69) is 5.32 Å². The maximum absolute atomic E-state index is 11.5. The van der Waals surface area contributed by atoms with Gasteiger partial charge in [-0.2, -0.15) is 0 Å². The normalized spacial score (nSPS) is 14.4. The number of aliphatic hydroxyl groups is 2. The monoisotopic (exact) mass is 303 g/mol. The molecule has 1 aromatic rings. The number of aliphatic hydroxyl groups excluding tert-OH is 1. The van der Waals surface area contributed by atoms with Gasteiger partial charge < -0.3 is 15.5 Å². The molecule has 4 nitrogen and oxygen atoms in total. The molecule has 0 aromatic heterocycles. The number of nitrogens with one attached hydrogen (secondary N) is 1. The Morgan fingerprint density at radius 1 is 1.42 bits per heavy atom. The third-order valence-electron chi connectivity index (χ3n) is 2.39. The molecule has 0 saturated heterocycles. The highest BCUT2D eigenvalue weighted by Crippen LogP contribution is 2.25. The summed E-state index contributed by atoms with van der Waals surface area (Å²) in [4.78, 5) is 11.5. The van der Waals surface area contributed by atoms with Crippen molar-refractivity contribution in [3.8, 4) is 0 Å². The van der Waals surface area contributed by atoms with Crippen molar-refractivity contribution < 1.29 is 15.0 Å². The third-order valence-corrected chi connectivity index (χ3v) is 3.04. The largest absolute Gasteiger partial charge is 0.393 e. The number of halogens is 2. The summed E-state index contributed by atoms with van der Waals surface area (Å²) in [5.41, 5.74) is -0.791. The highest BCUT2D eigenvalue weighted by atomic mass is 35.5. The summed E-state index contributed by atoms with van der Waals surface area (Å²) < 4.78 is 0. The molecule has 0 aliphatic heterocycles. The first-order valence-corrected chi connectivity index (χ1v) is 6.34. The van der Waals surface area contributed by atoms with Crippen LogP contribution in [-0.2, 0) is 4.79 Å². The van der Waals surface area contributed by atoms with E-state index in [4.69, 9.17) is 28.3 Å². The third kappa shape index (κ3) is 5.20. The highest BCUT2D eigenvalue weighted by Gasteiger charge is 2.18. The van der Waals surface area contributed by atoms with Gasteiger partial charge >= 0.3 is 0 Å². The van der Waals surface area contributed by atoms with E-state index in [9.17, 15) is 9.90 Å². The van der Waals surface area contributed by atoms with Crippen LogP contribution in [0.3, 0.4) is 0 Å². The fourth-order valence-electron chi connectivity index (χ4n) is 1.22. The van der Waals surface area contributed by atoms with Crippen LogP contribution in [0.2, 0.25) is 10.0 Å². The molecular weight excluding hydrogens is 289 g/mol. The van der Waals surface area contributed by atoms with E-state index < -0.39 is 18.1 Å². The predicted octanol–water partition coefficient (Wildman–Crippen LogP) is 1.87. The van der Waals surface area contributed by atoms with Gasteiger partial charge in [-0.25, -0.2) is 0 Å². The molecular formula is C13H15Cl2NO3. The summed E-state index contributed by atoms with van der Waals surface area (Å²) in [7, 11) is 0. The molecule has 0 radical (unpaired) electrons. The van der Waals surface area contributed by atoms with Gasteiger partial charge in [0, 0.05) is 28.2 Å². The van der Waals surface area contributed by atoms with Crippen LogP contribution < -0.4 is 5.32 Å². The average Bonchev–Trinajstić information content (AvgIpc) is 2.36. The van der Waals surface area contributed by atoms with Gasteiger partial charge in [0.15, 0.2) is 0 Å². The van der Waals surface area contributed by atoms with Crippen molar-refractivity contribution in [3.63, 3.8) is 0 Å². The summed E-state index contributed by atoms with van der Waals surface area (Å²) in [6, 6.07) is 5.05. The minimum absolute atomic E-state index is 0.0527. The molecule has 1 amide bonds. The summed E-state index contributed by atoms with van der Waals surface area (Å²) >= 11 is 11.9. The van der Waals surface area contributed by atoms with Gasteiger partial charge in [-0.15, -0.1) is 0 Å². The minimum atomic E-state index is -1.34. The SMILES string of the molecule is CC(O)(CO)CNC(=O)C=Cc1c(Cl)cccc1Cl. The predicted molar refractivity (Wildman–Crippen MR) is 76.2 cm³/mol. The zero-order valence-corrected chi connectivity index (χ0v) is 11.9. The quantitative estimate of drug-likeness (QED) is 0.727. The Hall–Kier alpha value is -1.07. The van der Waals surface area contributed by atoms with E-state index in [1.54, 1.807) is 18.2 Å². The van der Waals surface area contributed by atoms with Gasteiger partial charge in [-0.05, 0) is 25.1 Å². The van der Waals surface area contributed by atoms with Crippen LogP contribution in [0.25, 0.3) is 6.08 Å². The fraction of sp³-hybridized carbons (Fsp3) is 0.308. The Morgan fingerprint density at radius 2 is 2.00 bits per heavy atom. The standard InChI is InChI=1S/C13H15Cl2NO3/c1-13(19,8-17)7-16-12(18)6-5-9-10(14)3-2-4-11(9)15/h2-6,17,19H,7-8H2,1H3,(H,16,18). The van der Waals surface area contributed by atoms with E-state index in [-0.39, 0.29) is 6.54 Å². The number of hydrogen-bond acceptors (Lipinski definition) is 3. The Labute approximate surface area is 121 Å². The zero-order valence-electron chi connectivity index (χ0n) is 10.4. The van der Waals surface area contributed by atoms with Crippen LogP contribution in [0.4, 0.5) is 0 Å². The smallest absolute Gasteiger partial charge is 0.244 e. The van der Waals surface area contributed by atoms with Crippen molar-refractivity contribution >= 4 is 35.2 Å². The molecule has 1 rings (SSSR count). The Morgan fingerprint density at radius 3 is 2.53 bits per heavy atom. The van der Waals surface area contributed by atoms with E-state index in [1.807, 2.05) is 0 Å². The number of benzene rings is 1. The van der Waals surface area contributed by atoms with Crippen molar-refractivity contribution in [1.29, 1.82) is 0 Å². The molecule has 0 bridgehead atoms. The zero-order chi connectivity index (χ0) is 14.5. The lowest BCUT2D eigenvalue weighted by Gasteiger charge is -2.19. The molecule has 3 N–H and O–H groups in total. The minimum Gasteiger partial charge on any atom is -0.393 e. The lowest BCUT2D eigenvalue weighted by molar-refractivity contribution is -0.117. The molecule has 0 saturated carbocycles. The summed E-state index contributed by atoms with van der Waals surface area (Å²) in [5, 5.41) is 21.7. The van der Waals surface area contributed by atoms with Crippen LogP contribution in [0.1, 0.15) is 12.5 Å². The number of carbonyl (C=O) groups is 1. The number of rotatable bonds is 5. The fourth-order valence-corrected chi connectivity index (χ4v) is 1.74. The topological polar surface area (TPSA) is 69.6 Å². The van der Waals surface area contributed by atoms with Gasteiger partial charge in [-0.3, -0.25) is 4.79 Å². The van der Waals surface area contributed by atoms with Gasteiger partial charge in [-0.1, -0.05) is 29.3 Å². The van der Waals surface area contributed by atoms with Crippen molar-refractivity contribution in [2.75, 3.05) is 13.2 Å². The van der Waals surface area contributed by atoms with Gasteiger partial charge in [0.2, 0.25) is 5.91 Å². The molecule has 1 unspecified atom stereocenters. The van der Waals surface area contributed by atoms with Crippen LogP contribution >= 0.6 is 23.2 Å². The Bertz CT molecular complexity index is 467. The van der Waals surface area contributed by atoms with Crippen LogP contribution in [0, 0.1) is 0 Å². The second kappa shape index (κ2) is 6.91. The van der Waals surface area contributed by atoms with Crippen LogP contribution in [0.15, 0.2) is 24.3 Å².